The van der Waals surface area contributed by atoms with Crippen LogP contribution in [-0.4, -0.2) is 22.6 Å². The Morgan fingerprint density at radius 1 is 1.35 bits per heavy atom. The number of nitrogen functional groups attached to an aromatic ring is 1. The molecule has 0 saturated carbocycles. The smallest absolute Gasteiger partial charge is 0.274 e. The zero-order valence-corrected chi connectivity index (χ0v) is 11.8. The Morgan fingerprint density at radius 3 is 2.80 bits per heavy atom. The van der Waals surface area contributed by atoms with Crippen LogP contribution in [0.3, 0.4) is 0 Å². The van der Waals surface area contributed by atoms with Gasteiger partial charge in [0.2, 0.25) is 5.91 Å². The molecule has 0 bridgehead atoms. The van der Waals surface area contributed by atoms with Gasteiger partial charge in [0, 0.05) is 16.8 Å². The van der Waals surface area contributed by atoms with Crippen LogP contribution in [0.25, 0.3) is 0 Å². The fourth-order valence-electron chi connectivity index (χ4n) is 1.59. The molecule has 4 N–H and O–H groups in total. The Hall–Kier alpha value is -2.21. The van der Waals surface area contributed by atoms with E-state index in [1.165, 1.54) is 11.8 Å². The van der Waals surface area contributed by atoms with Crippen molar-refractivity contribution in [3.8, 4) is 0 Å². The molecule has 0 aliphatic carbocycles. The summed E-state index contributed by atoms with van der Waals surface area (Å²) in [6, 6.07) is 8.89. The van der Waals surface area contributed by atoms with Gasteiger partial charge in [0.05, 0.1) is 5.75 Å². The third kappa shape index (κ3) is 3.64. The highest BCUT2D eigenvalue weighted by atomic mass is 32.2. The second-order valence-electron chi connectivity index (χ2n) is 4.27. The van der Waals surface area contributed by atoms with Crippen molar-refractivity contribution in [2.45, 2.75) is 11.8 Å². The van der Waals surface area contributed by atoms with Crippen LogP contribution in [0.2, 0.25) is 0 Å². The molecule has 0 aliphatic heterocycles. The van der Waals surface area contributed by atoms with Gasteiger partial charge in [-0.3, -0.25) is 14.9 Å². The van der Waals surface area contributed by atoms with E-state index in [4.69, 9.17) is 5.73 Å². The number of carbonyl (C=O) groups excluding carboxylic acids is 2. The first kappa shape index (κ1) is 14.2. The van der Waals surface area contributed by atoms with Crippen molar-refractivity contribution in [3.63, 3.8) is 0 Å². The molecule has 2 rings (SSSR count). The number of rotatable bonds is 4. The molecule has 0 spiro atoms. The molecule has 0 aliphatic rings. The van der Waals surface area contributed by atoms with Crippen LogP contribution in [0.1, 0.15) is 16.1 Å². The summed E-state index contributed by atoms with van der Waals surface area (Å²) in [7, 11) is 0. The first-order valence-electron chi connectivity index (χ1n) is 6.03. The van der Waals surface area contributed by atoms with Crippen LogP contribution < -0.4 is 11.1 Å². The standard InChI is InChI=1S/C14H15N3O2S/c1-9-7-10(4-5-11(9)15)20-8-13(18)17-14(19)12-3-2-6-16-12/h2-7,16H,8,15H2,1H3,(H,17,18,19). The molecule has 0 saturated heterocycles. The maximum Gasteiger partial charge on any atom is 0.274 e. The summed E-state index contributed by atoms with van der Waals surface area (Å²) in [4.78, 5) is 27.0. The third-order valence-electron chi connectivity index (χ3n) is 2.71. The van der Waals surface area contributed by atoms with E-state index >= 15 is 0 Å². The lowest BCUT2D eigenvalue weighted by atomic mass is 10.2. The average molecular weight is 289 g/mol. The van der Waals surface area contributed by atoms with Crippen molar-refractivity contribution in [2.24, 2.45) is 0 Å². The number of benzene rings is 1. The molecule has 20 heavy (non-hydrogen) atoms. The maximum atomic E-state index is 11.7. The number of imide groups is 1. The van der Waals surface area contributed by atoms with Gasteiger partial charge in [0.25, 0.3) is 5.91 Å². The highest BCUT2D eigenvalue weighted by molar-refractivity contribution is 8.00. The molecule has 0 radical (unpaired) electrons. The van der Waals surface area contributed by atoms with Crippen molar-refractivity contribution < 1.29 is 9.59 Å². The van der Waals surface area contributed by atoms with Crippen LogP contribution >= 0.6 is 11.8 Å². The van der Waals surface area contributed by atoms with Gasteiger partial charge >= 0.3 is 0 Å². The van der Waals surface area contributed by atoms with Gasteiger partial charge in [-0.1, -0.05) is 0 Å². The lowest BCUT2D eigenvalue weighted by Gasteiger charge is -2.05. The van der Waals surface area contributed by atoms with E-state index in [2.05, 4.69) is 10.3 Å². The van der Waals surface area contributed by atoms with E-state index in [0.29, 0.717) is 5.69 Å². The third-order valence-corrected chi connectivity index (χ3v) is 3.70. The van der Waals surface area contributed by atoms with Crippen LogP contribution in [0.4, 0.5) is 5.69 Å². The van der Waals surface area contributed by atoms with Gasteiger partial charge in [0.15, 0.2) is 0 Å². The van der Waals surface area contributed by atoms with E-state index < -0.39 is 5.91 Å². The largest absolute Gasteiger partial charge is 0.399 e. The number of aromatic amines is 1. The molecule has 0 fully saturated rings. The summed E-state index contributed by atoms with van der Waals surface area (Å²) in [5, 5.41) is 2.32. The Labute approximate surface area is 120 Å². The van der Waals surface area contributed by atoms with E-state index in [-0.39, 0.29) is 11.7 Å². The highest BCUT2D eigenvalue weighted by Crippen LogP contribution is 2.22. The lowest BCUT2D eigenvalue weighted by molar-refractivity contribution is -0.117. The maximum absolute atomic E-state index is 11.7. The zero-order valence-electron chi connectivity index (χ0n) is 11.0. The number of amides is 2. The molecule has 0 atom stereocenters. The number of nitrogens with one attached hydrogen (secondary N) is 2. The summed E-state index contributed by atoms with van der Waals surface area (Å²) < 4.78 is 0. The number of aromatic nitrogens is 1. The molecule has 0 unspecified atom stereocenters. The second kappa shape index (κ2) is 6.29. The molecule has 1 heterocycles. The fourth-order valence-corrected chi connectivity index (χ4v) is 2.38. The summed E-state index contributed by atoms with van der Waals surface area (Å²) in [6.45, 7) is 1.91. The topological polar surface area (TPSA) is 88.0 Å². The molecular weight excluding hydrogens is 274 g/mol. The number of thioether (sulfide) groups is 1. The molecular formula is C14H15N3O2S. The number of nitrogens with two attached hydrogens (primary N) is 1. The molecule has 2 aromatic rings. The minimum Gasteiger partial charge on any atom is -0.399 e. The average Bonchev–Trinajstić information content (AvgIpc) is 2.94. The SMILES string of the molecule is Cc1cc(SCC(=O)NC(=O)c2ccc[nH]2)ccc1N. The number of carbonyl (C=O) groups is 2. The quantitative estimate of drug-likeness (QED) is 0.593. The first-order valence-corrected chi connectivity index (χ1v) is 7.01. The zero-order chi connectivity index (χ0) is 14.5. The molecule has 104 valence electrons. The Kier molecular flexibility index (Phi) is 4.47. The van der Waals surface area contributed by atoms with Gasteiger partial charge in [0.1, 0.15) is 5.69 Å². The number of H-pyrrole nitrogens is 1. The number of aryl methyl sites for hydroxylation is 1. The summed E-state index contributed by atoms with van der Waals surface area (Å²) in [5.41, 5.74) is 7.79. The van der Waals surface area contributed by atoms with E-state index in [9.17, 15) is 9.59 Å². The second-order valence-corrected chi connectivity index (χ2v) is 5.32. The van der Waals surface area contributed by atoms with Crippen LogP contribution in [0, 0.1) is 6.92 Å². The Morgan fingerprint density at radius 2 is 2.15 bits per heavy atom. The minimum absolute atomic E-state index is 0.176. The number of hydrogen-bond acceptors (Lipinski definition) is 4. The van der Waals surface area contributed by atoms with Crippen molar-refractivity contribution in [2.75, 3.05) is 11.5 Å². The summed E-state index contributed by atoms with van der Waals surface area (Å²) >= 11 is 1.36. The van der Waals surface area contributed by atoms with Crippen LogP contribution in [0.5, 0.6) is 0 Å². The Bertz CT molecular complexity index is 623. The van der Waals surface area contributed by atoms with E-state index in [1.807, 2.05) is 19.1 Å². The summed E-state index contributed by atoms with van der Waals surface area (Å²) in [5.74, 6) is -0.575. The number of anilines is 1. The molecule has 6 heteroatoms. The van der Waals surface area contributed by atoms with Crippen LogP contribution in [0.15, 0.2) is 41.4 Å². The van der Waals surface area contributed by atoms with Crippen LogP contribution in [-0.2, 0) is 4.79 Å². The minimum atomic E-state index is -0.422. The van der Waals surface area contributed by atoms with Crippen molar-refractivity contribution in [1.29, 1.82) is 0 Å². The molecule has 1 aromatic heterocycles. The molecule has 2 amide bonds. The van der Waals surface area contributed by atoms with Gasteiger partial charge in [-0.15, -0.1) is 11.8 Å². The Balaban J connectivity index is 1.86. The van der Waals surface area contributed by atoms with Crippen molar-refractivity contribution in [1.82, 2.24) is 10.3 Å². The summed E-state index contributed by atoms with van der Waals surface area (Å²) in [6.07, 6.45) is 1.63. The van der Waals surface area contributed by atoms with Crippen molar-refractivity contribution in [3.05, 3.63) is 47.8 Å². The molecule has 1 aromatic carbocycles. The predicted molar refractivity (Wildman–Crippen MR) is 79.6 cm³/mol. The normalized spacial score (nSPS) is 10.2. The van der Waals surface area contributed by atoms with E-state index in [1.54, 1.807) is 24.4 Å². The van der Waals surface area contributed by atoms with Gasteiger partial charge < -0.3 is 10.7 Å². The lowest BCUT2D eigenvalue weighted by Crippen LogP contribution is -2.32. The monoisotopic (exact) mass is 289 g/mol. The number of hydrogen-bond donors (Lipinski definition) is 3. The van der Waals surface area contributed by atoms with E-state index in [0.717, 1.165) is 16.1 Å². The highest BCUT2D eigenvalue weighted by Gasteiger charge is 2.11. The first-order chi connectivity index (χ1) is 9.56. The van der Waals surface area contributed by atoms with Gasteiger partial charge in [-0.05, 0) is 42.8 Å². The van der Waals surface area contributed by atoms with Gasteiger partial charge in [-0.2, -0.15) is 0 Å². The van der Waals surface area contributed by atoms with Gasteiger partial charge in [-0.25, -0.2) is 0 Å². The van der Waals surface area contributed by atoms with Crippen molar-refractivity contribution >= 4 is 29.3 Å². The fraction of sp³-hybridized carbons (Fsp3) is 0.143. The predicted octanol–water partition coefficient (Wildman–Crippen LogP) is 1.95. The molecule has 5 nitrogen and oxygen atoms in total.